The summed E-state index contributed by atoms with van der Waals surface area (Å²) in [7, 11) is 0. The van der Waals surface area contributed by atoms with Crippen molar-refractivity contribution < 1.29 is 14.3 Å². The quantitative estimate of drug-likeness (QED) is 0.798. The van der Waals surface area contributed by atoms with Gasteiger partial charge in [0.1, 0.15) is 5.75 Å². The molecule has 1 aromatic carbocycles. The van der Waals surface area contributed by atoms with Gasteiger partial charge >= 0.3 is 0 Å². The SMILES string of the molecule is CCCN1CC(NC(=O)C2(c3ccc(OC(C)C)cc3)CCCC2)CC1=O. The Balaban J connectivity index is 1.72. The summed E-state index contributed by atoms with van der Waals surface area (Å²) in [6, 6.07) is 7.92. The molecular weight excluding hydrogens is 340 g/mol. The lowest BCUT2D eigenvalue weighted by atomic mass is 9.77. The molecule has 3 rings (SSSR count). The Morgan fingerprint density at radius 2 is 1.93 bits per heavy atom. The van der Waals surface area contributed by atoms with Crippen LogP contribution in [0.4, 0.5) is 0 Å². The van der Waals surface area contributed by atoms with E-state index in [1.54, 1.807) is 0 Å². The molecule has 1 aromatic rings. The zero-order valence-corrected chi connectivity index (χ0v) is 16.8. The molecule has 0 radical (unpaired) electrons. The maximum absolute atomic E-state index is 13.3. The van der Waals surface area contributed by atoms with Crippen molar-refractivity contribution in [2.24, 2.45) is 0 Å². The predicted octanol–water partition coefficient (Wildman–Crippen LogP) is 3.41. The molecule has 1 unspecified atom stereocenters. The summed E-state index contributed by atoms with van der Waals surface area (Å²) in [6.07, 6.45) is 5.34. The molecule has 0 bridgehead atoms. The van der Waals surface area contributed by atoms with Crippen molar-refractivity contribution in [2.75, 3.05) is 13.1 Å². The van der Waals surface area contributed by atoms with Gasteiger partial charge in [-0.2, -0.15) is 0 Å². The van der Waals surface area contributed by atoms with Crippen molar-refractivity contribution in [3.05, 3.63) is 29.8 Å². The largest absolute Gasteiger partial charge is 0.491 e. The smallest absolute Gasteiger partial charge is 0.230 e. The highest BCUT2D eigenvalue weighted by molar-refractivity contribution is 5.90. The predicted molar refractivity (Wildman–Crippen MR) is 106 cm³/mol. The van der Waals surface area contributed by atoms with Crippen LogP contribution in [0.3, 0.4) is 0 Å². The van der Waals surface area contributed by atoms with Crippen LogP contribution in [0.2, 0.25) is 0 Å². The summed E-state index contributed by atoms with van der Waals surface area (Å²) < 4.78 is 5.74. The first-order valence-corrected chi connectivity index (χ1v) is 10.3. The number of rotatable bonds is 7. The van der Waals surface area contributed by atoms with Gasteiger partial charge in [0.2, 0.25) is 11.8 Å². The number of amides is 2. The van der Waals surface area contributed by atoms with Gasteiger partial charge < -0.3 is 15.0 Å². The van der Waals surface area contributed by atoms with Crippen molar-refractivity contribution in [1.29, 1.82) is 0 Å². The second-order valence-corrected chi connectivity index (χ2v) is 8.19. The van der Waals surface area contributed by atoms with Gasteiger partial charge in [-0.25, -0.2) is 0 Å². The minimum atomic E-state index is -0.475. The average Bonchev–Trinajstić information content (AvgIpc) is 3.24. The van der Waals surface area contributed by atoms with Gasteiger partial charge in [0.05, 0.1) is 17.6 Å². The Bertz CT molecular complexity index is 663. The van der Waals surface area contributed by atoms with Gasteiger partial charge in [-0.3, -0.25) is 9.59 Å². The van der Waals surface area contributed by atoms with E-state index in [4.69, 9.17) is 4.74 Å². The maximum Gasteiger partial charge on any atom is 0.230 e. The zero-order chi connectivity index (χ0) is 19.4. The van der Waals surface area contributed by atoms with Crippen LogP contribution in [-0.2, 0) is 15.0 Å². The van der Waals surface area contributed by atoms with Crippen molar-refractivity contribution in [2.45, 2.75) is 76.9 Å². The minimum absolute atomic E-state index is 0.0717. The topological polar surface area (TPSA) is 58.6 Å². The van der Waals surface area contributed by atoms with Gasteiger partial charge in [0.15, 0.2) is 0 Å². The molecule has 5 nitrogen and oxygen atoms in total. The lowest BCUT2D eigenvalue weighted by molar-refractivity contribution is -0.127. The summed E-state index contributed by atoms with van der Waals surface area (Å²) in [4.78, 5) is 27.3. The fourth-order valence-corrected chi connectivity index (χ4v) is 4.43. The van der Waals surface area contributed by atoms with E-state index in [1.165, 1.54) is 0 Å². The Labute approximate surface area is 162 Å². The molecule has 27 heavy (non-hydrogen) atoms. The monoisotopic (exact) mass is 372 g/mol. The molecule has 148 valence electrons. The van der Waals surface area contributed by atoms with Crippen molar-refractivity contribution in [3.8, 4) is 5.75 Å². The molecule has 1 N–H and O–H groups in total. The third-order valence-electron chi connectivity index (χ3n) is 5.71. The second-order valence-electron chi connectivity index (χ2n) is 8.19. The van der Waals surface area contributed by atoms with Crippen molar-refractivity contribution in [1.82, 2.24) is 10.2 Å². The third kappa shape index (κ3) is 4.28. The van der Waals surface area contributed by atoms with Crippen LogP contribution in [0, 0.1) is 0 Å². The van der Waals surface area contributed by atoms with Crippen LogP contribution in [0.1, 0.15) is 64.9 Å². The number of nitrogens with one attached hydrogen (secondary N) is 1. The standard InChI is InChI=1S/C22H32N2O3/c1-4-13-24-15-18(14-20(24)25)23-21(26)22(11-5-6-12-22)17-7-9-19(10-8-17)27-16(2)3/h7-10,16,18H,4-6,11-15H2,1-3H3,(H,23,26). The van der Waals surface area contributed by atoms with E-state index in [-0.39, 0.29) is 24.0 Å². The Hall–Kier alpha value is -2.04. The second kappa shape index (κ2) is 8.32. The van der Waals surface area contributed by atoms with Crippen LogP contribution in [0.25, 0.3) is 0 Å². The van der Waals surface area contributed by atoms with Crippen LogP contribution >= 0.6 is 0 Å². The third-order valence-corrected chi connectivity index (χ3v) is 5.71. The normalized spacial score (nSPS) is 21.7. The molecule has 0 aromatic heterocycles. The number of carbonyl (C=O) groups excluding carboxylic acids is 2. The molecule has 2 amide bonds. The van der Waals surface area contributed by atoms with Crippen molar-refractivity contribution >= 4 is 11.8 Å². The molecule has 5 heteroatoms. The van der Waals surface area contributed by atoms with Gasteiger partial charge in [-0.1, -0.05) is 31.9 Å². The number of nitrogens with zero attached hydrogens (tertiary/aromatic N) is 1. The highest BCUT2D eigenvalue weighted by atomic mass is 16.5. The van der Waals surface area contributed by atoms with E-state index in [9.17, 15) is 9.59 Å². The molecule has 1 saturated heterocycles. The number of ether oxygens (including phenoxy) is 1. The van der Waals surface area contributed by atoms with E-state index in [0.717, 1.165) is 50.0 Å². The lowest BCUT2D eigenvalue weighted by Gasteiger charge is -2.30. The van der Waals surface area contributed by atoms with Gasteiger partial charge in [-0.05, 0) is 50.8 Å². The van der Waals surface area contributed by atoms with E-state index >= 15 is 0 Å². The summed E-state index contributed by atoms with van der Waals surface area (Å²) in [6.45, 7) is 7.48. The lowest BCUT2D eigenvalue weighted by Crippen LogP contribution is -2.47. The molecule has 0 spiro atoms. The van der Waals surface area contributed by atoms with Gasteiger partial charge in [0.25, 0.3) is 0 Å². The van der Waals surface area contributed by atoms with E-state index < -0.39 is 5.41 Å². The number of carbonyl (C=O) groups is 2. The number of likely N-dealkylation sites (tertiary alicyclic amines) is 1. The molecular formula is C22H32N2O3. The molecule has 1 aliphatic heterocycles. The maximum atomic E-state index is 13.3. The van der Waals surface area contributed by atoms with Gasteiger partial charge in [-0.15, -0.1) is 0 Å². The summed E-state index contributed by atoms with van der Waals surface area (Å²) in [5, 5.41) is 3.19. The van der Waals surface area contributed by atoms with Crippen LogP contribution in [-0.4, -0.2) is 41.9 Å². The van der Waals surface area contributed by atoms with Crippen molar-refractivity contribution in [3.63, 3.8) is 0 Å². The Morgan fingerprint density at radius 1 is 1.26 bits per heavy atom. The average molecular weight is 373 g/mol. The minimum Gasteiger partial charge on any atom is -0.491 e. The molecule has 1 atom stereocenters. The summed E-state index contributed by atoms with van der Waals surface area (Å²) in [5.74, 6) is 1.06. The molecule has 1 heterocycles. The molecule has 2 fully saturated rings. The first-order chi connectivity index (χ1) is 12.9. The highest BCUT2D eigenvalue weighted by Gasteiger charge is 2.44. The number of benzene rings is 1. The number of hydrogen-bond acceptors (Lipinski definition) is 3. The fraction of sp³-hybridized carbons (Fsp3) is 0.636. The van der Waals surface area contributed by atoms with E-state index in [1.807, 2.05) is 43.0 Å². The summed E-state index contributed by atoms with van der Waals surface area (Å²) >= 11 is 0. The molecule has 1 saturated carbocycles. The van der Waals surface area contributed by atoms with Crippen LogP contribution in [0.15, 0.2) is 24.3 Å². The Kier molecular flexibility index (Phi) is 6.08. The number of hydrogen-bond donors (Lipinski definition) is 1. The fourth-order valence-electron chi connectivity index (χ4n) is 4.43. The van der Waals surface area contributed by atoms with Gasteiger partial charge in [0, 0.05) is 19.5 Å². The van der Waals surface area contributed by atoms with Crippen LogP contribution < -0.4 is 10.1 Å². The Morgan fingerprint density at radius 3 is 2.52 bits per heavy atom. The molecule has 2 aliphatic rings. The van der Waals surface area contributed by atoms with E-state index in [0.29, 0.717) is 13.0 Å². The zero-order valence-electron chi connectivity index (χ0n) is 16.8. The highest BCUT2D eigenvalue weighted by Crippen LogP contribution is 2.42. The first kappa shape index (κ1) is 19.7. The molecule has 1 aliphatic carbocycles. The first-order valence-electron chi connectivity index (χ1n) is 10.3. The van der Waals surface area contributed by atoms with Crippen LogP contribution in [0.5, 0.6) is 5.75 Å². The summed E-state index contributed by atoms with van der Waals surface area (Å²) in [5.41, 5.74) is 0.584. The van der Waals surface area contributed by atoms with E-state index in [2.05, 4.69) is 12.2 Å².